The third-order valence-corrected chi connectivity index (χ3v) is 5.15. The Balaban J connectivity index is 0.00000208. The topological polar surface area (TPSA) is 49.8 Å². The van der Waals surface area contributed by atoms with E-state index in [2.05, 4.69) is 11.5 Å². The first-order valence-electron chi connectivity index (χ1n) is 8.34. The van der Waals surface area contributed by atoms with E-state index in [0.29, 0.717) is 31.1 Å². The standard InChI is InChI=1S/C19H25NO3.ClH/c1-3-4-16-11-15(14(2)21)5-6-18(16)23-13-19(22)12-20-9-7-17(19)8-10-20;/h3,5-6,11,17,22H,1,4,7-10,12-13H2,2H3;1H. The number of allylic oxidation sites excluding steroid dienone is 1. The quantitative estimate of drug-likeness (QED) is 0.632. The van der Waals surface area contributed by atoms with E-state index < -0.39 is 5.60 Å². The number of fused-ring (bicyclic) bond motifs is 3. The van der Waals surface area contributed by atoms with Crippen LogP contribution in [0.15, 0.2) is 30.9 Å². The van der Waals surface area contributed by atoms with Crippen molar-refractivity contribution in [2.75, 3.05) is 26.2 Å². The highest BCUT2D eigenvalue weighted by Gasteiger charge is 2.46. The van der Waals surface area contributed by atoms with Crippen molar-refractivity contribution in [2.45, 2.75) is 31.8 Å². The summed E-state index contributed by atoms with van der Waals surface area (Å²) in [5.74, 6) is 1.10. The Hall–Kier alpha value is -1.36. The molecule has 1 aromatic rings. The number of ketones is 1. The highest BCUT2D eigenvalue weighted by atomic mass is 35.5. The van der Waals surface area contributed by atoms with Crippen molar-refractivity contribution in [3.8, 4) is 5.75 Å². The van der Waals surface area contributed by atoms with E-state index in [1.807, 2.05) is 12.1 Å². The van der Waals surface area contributed by atoms with Gasteiger partial charge in [0.2, 0.25) is 0 Å². The van der Waals surface area contributed by atoms with Gasteiger partial charge in [0, 0.05) is 12.1 Å². The van der Waals surface area contributed by atoms with Crippen molar-refractivity contribution in [1.29, 1.82) is 0 Å². The van der Waals surface area contributed by atoms with Crippen molar-refractivity contribution in [3.05, 3.63) is 42.0 Å². The molecule has 5 heteroatoms. The molecule has 0 aliphatic carbocycles. The monoisotopic (exact) mass is 351 g/mol. The summed E-state index contributed by atoms with van der Waals surface area (Å²) in [5, 5.41) is 10.9. The van der Waals surface area contributed by atoms with Gasteiger partial charge in [-0.25, -0.2) is 0 Å². The number of aliphatic hydroxyl groups is 1. The highest BCUT2D eigenvalue weighted by molar-refractivity contribution is 5.94. The average molecular weight is 352 g/mol. The lowest BCUT2D eigenvalue weighted by molar-refractivity contribution is -0.131. The number of benzene rings is 1. The number of ether oxygens (including phenoxy) is 1. The number of Topliss-reactive ketones (excluding diaryl/α,β-unsaturated/α-hetero) is 1. The van der Waals surface area contributed by atoms with Gasteiger partial charge in [-0.1, -0.05) is 6.08 Å². The summed E-state index contributed by atoms with van der Waals surface area (Å²) in [6, 6.07) is 5.48. The second-order valence-electron chi connectivity index (χ2n) is 6.81. The fourth-order valence-corrected chi connectivity index (χ4v) is 3.77. The molecule has 1 N–H and O–H groups in total. The molecule has 1 aromatic carbocycles. The molecule has 4 rings (SSSR count). The molecule has 3 fully saturated rings. The third kappa shape index (κ3) is 3.82. The zero-order chi connectivity index (χ0) is 16.4. The summed E-state index contributed by atoms with van der Waals surface area (Å²) in [7, 11) is 0. The van der Waals surface area contributed by atoms with E-state index in [4.69, 9.17) is 4.74 Å². The Morgan fingerprint density at radius 1 is 1.46 bits per heavy atom. The van der Waals surface area contributed by atoms with Gasteiger partial charge in [-0.2, -0.15) is 0 Å². The third-order valence-electron chi connectivity index (χ3n) is 5.15. The molecule has 1 unspecified atom stereocenters. The predicted molar refractivity (Wildman–Crippen MR) is 97.2 cm³/mol. The van der Waals surface area contributed by atoms with Crippen LogP contribution in [0, 0.1) is 5.92 Å². The van der Waals surface area contributed by atoms with Crippen LogP contribution < -0.4 is 4.74 Å². The Bertz CT molecular complexity index is 611. The lowest BCUT2D eigenvalue weighted by Crippen LogP contribution is -2.61. The molecular formula is C19H26ClNO3. The number of carbonyl (C=O) groups excluding carboxylic acids is 1. The van der Waals surface area contributed by atoms with Crippen LogP contribution >= 0.6 is 12.4 Å². The Kier molecular flexibility index (Phi) is 6.07. The molecular weight excluding hydrogens is 326 g/mol. The molecule has 2 bridgehead atoms. The number of hydrogen-bond donors (Lipinski definition) is 1. The van der Waals surface area contributed by atoms with E-state index in [-0.39, 0.29) is 18.2 Å². The van der Waals surface area contributed by atoms with Crippen molar-refractivity contribution in [3.63, 3.8) is 0 Å². The lowest BCUT2D eigenvalue weighted by Gasteiger charge is -2.50. The maximum Gasteiger partial charge on any atom is 0.159 e. The highest BCUT2D eigenvalue weighted by Crippen LogP contribution is 2.36. The van der Waals surface area contributed by atoms with Gasteiger partial charge in [0.1, 0.15) is 18.0 Å². The summed E-state index contributed by atoms with van der Waals surface area (Å²) >= 11 is 0. The maximum atomic E-state index is 11.5. The molecule has 0 radical (unpaired) electrons. The van der Waals surface area contributed by atoms with Gasteiger partial charge in [-0.15, -0.1) is 19.0 Å². The number of piperidine rings is 3. The largest absolute Gasteiger partial charge is 0.490 e. The first-order chi connectivity index (χ1) is 11.0. The summed E-state index contributed by atoms with van der Waals surface area (Å²) in [6.45, 7) is 8.50. The second-order valence-corrected chi connectivity index (χ2v) is 6.81. The molecule has 0 aromatic heterocycles. The fourth-order valence-electron chi connectivity index (χ4n) is 3.77. The molecule has 4 nitrogen and oxygen atoms in total. The van der Waals surface area contributed by atoms with E-state index in [0.717, 1.165) is 37.2 Å². The Morgan fingerprint density at radius 3 is 2.71 bits per heavy atom. The van der Waals surface area contributed by atoms with Crippen molar-refractivity contribution >= 4 is 18.2 Å². The van der Waals surface area contributed by atoms with Crippen LogP contribution in [0.5, 0.6) is 5.75 Å². The minimum atomic E-state index is -0.763. The van der Waals surface area contributed by atoms with Crippen LogP contribution in [0.25, 0.3) is 0 Å². The number of halogens is 1. The van der Waals surface area contributed by atoms with Gasteiger partial charge in [0.25, 0.3) is 0 Å². The first-order valence-corrected chi connectivity index (χ1v) is 8.34. The molecule has 24 heavy (non-hydrogen) atoms. The van der Waals surface area contributed by atoms with Crippen molar-refractivity contribution in [1.82, 2.24) is 4.90 Å². The minimum Gasteiger partial charge on any atom is -0.490 e. The molecule has 0 saturated carbocycles. The van der Waals surface area contributed by atoms with E-state index in [1.54, 1.807) is 19.1 Å². The molecule has 3 saturated heterocycles. The van der Waals surface area contributed by atoms with Crippen molar-refractivity contribution in [2.24, 2.45) is 5.92 Å². The number of carbonyl (C=O) groups is 1. The van der Waals surface area contributed by atoms with Crippen LogP contribution in [-0.4, -0.2) is 47.6 Å². The Labute approximate surface area is 149 Å². The first kappa shape index (κ1) is 19.0. The van der Waals surface area contributed by atoms with Gasteiger partial charge in [-0.05, 0) is 69.0 Å². The lowest BCUT2D eigenvalue weighted by atomic mass is 9.76. The number of nitrogens with zero attached hydrogens (tertiary/aromatic N) is 1. The summed E-state index contributed by atoms with van der Waals surface area (Å²) in [6.07, 6.45) is 4.53. The molecule has 1 atom stereocenters. The van der Waals surface area contributed by atoms with Crippen LogP contribution in [-0.2, 0) is 6.42 Å². The number of rotatable bonds is 6. The van der Waals surface area contributed by atoms with Gasteiger partial charge in [0.15, 0.2) is 5.78 Å². The van der Waals surface area contributed by atoms with Gasteiger partial charge >= 0.3 is 0 Å². The SMILES string of the molecule is C=CCc1cc(C(C)=O)ccc1OCC1(O)CN2CCC1CC2.Cl. The normalized spacial score (nSPS) is 28.1. The van der Waals surface area contributed by atoms with Crippen LogP contribution in [0.2, 0.25) is 0 Å². The molecule has 3 aliphatic heterocycles. The summed E-state index contributed by atoms with van der Waals surface area (Å²) < 4.78 is 5.98. The van der Waals surface area contributed by atoms with Crippen LogP contribution in [0.4, 0.5) is 0 Å². The van der Waals surface area contributed by atoms with Gasteiger partial charge in [-0.3, -0.25) is 4.79 Å². The molecule has 0 spiro atoms. The van der Waals surface area contributed by atoms with Gasteiger partial charge < -0.3 is 14.7 Å². The molecule has 3 heterocycles. The smallest absolute Gasteiger partial charge is 0.159 e. The van der Waals surface area contributed by atoms with Crippen molar-refractivity contribution < 1.29 is 14.6 Å². The summed E-state index contributed by atoms with van der Waals surface area (Å²) in [5.41, 5.74) is 0.856. The summed E-state index contributed by atoms with van der Waals surface area (Å²) in [4.78, 5) is 13.9. The fraction of sp³-hybridized carbons (Fsp3) is 0.526. The van der Waals surface area contributed by atoms with E-state index >= 15 is 0 Å². The molecule has 0 amide bonds. The van der Waals surface area contributed by atoms with Crippen LogP contribution in [0.3, 0.4) is 0 Å². The second kappa shape index (κ2) is 7.68. The van der Waals surface area contributed by atoms with Crippen LogP contribution in [0.1, 0.15) is 35.7 Å². The maximum absolute atomic E-state index is 11.5. The average Bonchev–Trinajstić information content (AvgIpc) is 2.54. The van der Waals surface area contributed by atoms with Gasteiger partial charge in [0.05, 0.1) is 0 Å². The van der Waals surface area contributed by atoms with E-state index in [9.17, 15) is 9.90 Å². The predicted octanol–water partition coefficient (Wildman–Crippen LogP) is 2.88. The van der Waals surface area contributed by atoms with E-state index in [1.165, 1.54) is 0 Å². The Morgan fingerprint density at radius 2 is 2.17 bits per heavy atom. The zero-order valence-corrected chi connectivity index (χ0v) is 15.0. The molecule has 132 valence electrons. The number of hydrogen-bond acceptors (Lipinski definition) is 4. The zero-order valence-electron chi connectivity index (χ0n) is 14.2. The minimum absolute atomic E-state index is 0. The molecule has 3 aliphatic rings.